The molecule has 3 atom stereocenters. The molecule has 0 bridgehead atoms. The number of benzene rings is 1. The minimum absolute atomic E-state index is 0.128. The molecule has 3 unspecified atom stereocenters. The van der Waals surface area contributed by atoms with Crippen LogP contribution in [0.3, 0.4) is 0 Å². The second-order valence-corrected chi connectivity index (χ2v) is 9.95. The number of carbonyl (C=O) groups excluding carboxylic acids is 1. The lowest BCUT2D eigenvalue weighted by atomic mass is 10.0. The fraction of sp³-hybridized carbons (Fsp3) is 0.591. The molecule has 1 fully saturated rings. The molecule has 0 aliphatic carbocycles. The summed E-state index contributed by atoms with van der Waals surface area (Å²) < 4.78 is 50.1. The minimum atomic E-state index is -2.35. The Balaban J connectivity index is 1.48. The van der Waals surface area contributed by atoms with Crippen molar-refractivity contribution in [3.63, 3.8) is 0 Å². The van der Waals surface area contributed by atoms with Crippen molar-refractivity contribution in [1.29, 1.82) is 0 Å². The number of carbonyl (C=O) groups is 2. The molecular formula is C22H28ClF3N4O5S. The van der Waals surface area contributed by atoms with E-state index in [2.05, 4.69) is 19.9 Å². The average molecular weight is 553 g/mol. The van der Waals surface area contributed by atoms with Gasteiger partial charge in [-0.25, -0.2) is 22.8 Å². The summed E-state index contributed by atoms with van der Waals surface area (Å²) in [4.78, 5) is 24.1. The Labute approximate surface area is 215 Å². The Bertz CT molecular complexity index is 991. The smallest absolute Gasteiger partial charge is 0.337 e. The van der Waals surface area contributed by atoms with Crippen LogP contribution >= 0.6 is 23.5 Å². The van der Waals surface area contributed by atoms with Gasteiger partial charge in [-0.15, -0.1) is 0 Å². The number of nitrogens with one attached hydrogen (secondary N) is 2. The number of aliphatic carboxylic acids is 1. The maximum absolute atomic E-state index is 13.9. The van der Waals surface area contributed by atoms with Crippen molar-refractivity contribution in [2.75, 3.05) is 26.2 Å². The molecule has 36 heavy (non-hydrogen) atoms. The van der Waals surface area contributed by atoms with Crippen LogP contribution < -0.4 is 10.6 Å². The van der Waals surface area contributed by atoms with Gasteiger partial charge in [0.25, 0.3) is 0 Å². The van der Waals surface area contributed by atoms with E-state index in [9.17, 15) is 33.0 Å². The summed E-state index contributed by atoms with van der Waals surface area (Å²) in [6.45, 7) is 1.34. The first-order valence-electron chi connectivity index (χ1n) is 11.5. The van der Waals surface area contributed by atoms with E-state index in [1.165, 1.54) is 0 Å². The normalized spacial score (nSPS) is 24.3. The lowest BCUT2D eigenvalue weighted by Crippen LogP contribution is -2.56. The lowest BCUT2D eigenvalue weighted by Gasteiger charge is -2.34. The van der Waals surface area contributed by atoms with Crippen molar-refractivity contribution < 1.29 is 37.7 Å². The molecule has 2 aliphatic heterocycles. The molecular weight excluding hydrogens is 525 g/mol. The van der Waals surface area contributed by atoms with Gasteiger partial charge >= 0.3 is 12.0 Å². The molecule has 3 rings (SSSR count). The molecule has 1 aromatic rings. The number of rotatable bonds is 10. The second-order valence-electron chi connectivity index (χ2n) is 8.48. The van der Waals surface area contributed by atoms with Gasteiger partial charge in [0.05, 0.1) is 12.2 Å². The van der Waals surface area contributed by atoms with E-state index in [4.69, 9.17) is 16.3 Å². The fourth-order valence-corrected chi connectivity index (χ4v) is 5.25. The number of carboxylic acids is 1. The summed E-state index contributed by atoms with van der Waals surface area (Å²) >= 11 is 6.86. The number of piperidine rings is 1. The quantitative estimate of drug-likeness (QED) is 0.152. The van der Waals surface area contributed by atoms with E-state index >= 15 is 0 Å². The highest BCUT2D eigenvalue weighted by molar-refractivity contribution is 7.99. The monoisotopic (exact) mass is 552 g/mol. The van der Waals surface area contributed by atoms with Crippen LogP contribution in [0.1, 0.15) is 37.7 Å². The molecule has 0 aromatic heterocycles. The number of unbranched alkanes of at least 4 members (excludes halogenated alkanes) is 1. The van der Waals surface area contributed by atoms with Crippen LogP contribution in [0.2, 0.25) is 0 Å². The summed E-state index contributed by atoms with van der Waals surface area (Å²) in [6, 6.07) is 0.814. The molecule has 2 aliphatic rings. The first-order chi connectivity index (χ1) is 17.2. The summed E-state index contributed by atoms with van der Waals surface area (Å²) in [6.07, 6.45) is 4.65. The number of likely N-dealkylation sites (tertiary alicyclic amines) is 1. The molecule has 0 radical (unpaired) electrons. The zero-order valence-electron chi connectivity index (χ0n) is 19.3. The van der Waals surface area contributed by atoms with Crippen molar-refractivity contribution >= 4 is 41.4 Å². The highest BCUT2D eigenvalue weighted by atomic mass is 35.5. The SMILES string of the molecule is O=C(NCCCCN1CCCCC1CO)NC1SN=C(OCc2c(F)ccc(F)c2F)C1(Cl)C(=O)O. The zero-order valence-corrected chi connectivity index (χ0v) is 20.9. The number of hydrogen-bond acceptors (Lipinski definition) is 7. The highest BCUT2D eigenvalue weighted by Gasteiger charge is 2.56. The van der Waals surface area contributed by atoms with Gasteiger partial charge in [-0.05, 0) is 50.9 Å². The number of hydrogen-bond donors (Lipinski definition) is 4. The van der Waals surface area contributed by atoms with E-state index in [0.717, 1.165) is 38.8 Å². The standard InChI is InChI=1S/C22H28ClF3N4O5S/c23-22(20(32)33)18(35-12-14-15(24)6-7-16(25)17(14)26)29-36-19(22)28-21(34)27-8-2-4-10-30-9-3-1-5-13(30)11-31/h6-7,13,19,31H,1-5,8-12H2,(H,32,33)(H2,27,28,34). The lowest BCUT2D eigenvalue weighted by molar-refractivity contribution is -0.138. The molecule has 0 saturated carbocycles. The molecule has 2 amide bonds. The summed E-state index contributed by atoms with van der Waals surface area (Å²) in [5.41, 5.74) is -0.754. The first kappa shape index (κ1) is 28.4. The number of halogens is 4. The van der Waals surface area contributed by atoms with Gasteiger partial charge in [0.15, 0.2) is 11.6 Å². The fourth-order valence-electron chi connectivity index (χ4n) is 4.03. The molecule has 200 valence electrons. The molecule has 9 nitrogen and oxygen atoms in total. The van der Waals surface area contributed by atoms with Gasteiger partial charge in [0, 0.05) is 24.5 Å². The highest BCUT2D eigenvalue weighted by Crippen LogP contribution is 2.39. The van der Waals surface area contributed by atoms with E-state index in [1.54, 1.807) is 0 Å². The second kappa shape index (κ2) is 12.8. The molecule has 2 heterocycles. The van der Waals surface area contributed by atoms with E-state index in [-0.39, 0.29) is 12.6 Å². The van der Waals surface area contributed by atoms with E-state index in [1.807, 2.05) is 0 Å². The van der Waals surface area contributed by atoms with E-state index in [0.29, 0.717) is 37.0 Å². The average Bonchev–Trinajstić information content (AvgIpc) is 3.17. The third-order valence-electron chi connectivity index (χ3n) is 6.10. The van der Waals surface area contributed by atoms with Gasteiger partial charge in [-0.2, -0.15) is 4.40 Å². The van der Waals surface area contributed by atoms with Crippen LogP contribution in [0.4, 0.5) is 18.0 Å². The van der Waals surface area contributed by atoms with E-state index < -0.39 is 57.8 Å². The number of aliphatic hydroxyl groups is 1. The van der Waals surface area contributed by atoms with Crippen LogP contribution in [0.15, 0.2) is 16.5 Å². The topological polar surface area (TPSA) is 123 Å². The predicted molar refractivity (Wildman–Crippen MR) is 128 cm³/mol. The molecule has 1 saturated heterocycles. The number of nitrogens with zero attached hydrogens (tertiary/aromatic N) is 2. The number of alkyl halides is 1. The maximum atomic E-state index is 13.9. The van der Waals surface area contributed by atoms with Gasteiger partial charge < -0.3 is 25.6 Å². The van der Waals surface area contributed by atoms with Crippen molar-refractivity contribution in [2.45, 2.75) is 55.0 Å². The Kier molecular flexibility index (Phi) is 10.1. The Morgan fingerprint density at radius 2 is 2.00 bits per heavy atom. The number of amides is 2. The Hall–Kier alpha value is -2.22. The number of carboxylic acid groups (broad SMARTS) is 1. The third-order valence-corrected chi connectivity index (χ3v) is 7.72. The predicted octanol–water partition coefficient (Wildman–Crippen LogP) is 3.00. The third kappa shape index (κ3) is 6.55. The van der Waals surface area contributed by atoms with Crippen LogP contribution in [-0.4, -0.2) is 75.5 Å². The van der Waals surface area contributed by atoms with Gasteiger partial charge in [-0.1, -0.05) is 18.0 Å². The van der Waals surface area contributed by atoms with Gasteiger partial charge in [-0.3, -0.25) is 4.90 Å². The maximum Gasteiger partial charge on any atom is 0.337 e. The summed E-state index contributed by atoms with van der Waals surface area (Å²) in [7, 11) is 0. The zero-order chi connectivity index (χ0) is 26.3. The summed E-state index contributed by atoms with van der Waals surface area (Å²) in [5.74, 6) is -6.04. The van der Waals surface area contributed by atoms with Gasteiger partial charge in [0.1, 0.15) is 17.8 Å². The molecule has 14 heteroatoms. The van der Waals surface area contributed by atoms with Crippen LogP contribution in [0.25, 0.3) is 0 Å². The number of urea groups is 1. The van der Waals surface area contributed by atoms with Crippen LogP contribution in [0.5, 0.6) is 0 Å². The Morgan fingerprint density at radius 3 is 2.72 bits per heavy atom. The number of ether oxygens (including phenoxy) is 1. The number of aliphatic hydroxyl groups excluding tert-OH is 1. The first-order valence-corrected chi connectivity index (χ1v) is 12.7. The van der Waals surface area contributed by atoms with Crippen LogP contribution in [0, 0.1) is 17.5 Å². The van der Waals surface area contributed by atoms with Gasteiger partial charge in [0.2, 0.25) is 10.8 Å². The minimum Gasteiger partial charge on any atom is -0.479 e. The molecule has 0 spiro atoms. The van der Waals surface area contributed by atoms with Crippen molar-refractivity contribution in [2.24, 2.45) is 4.40 Å². The molecule has 4 N–H and O–H groups in total. The molecule has 1 aromatic carbocycles. The van der Waals surface area contributed by atoms with Crippen molar-refractivity contribution in [3.05, 3.63) is 35.1 Å². The van der Waals surface area contributed by atoms with Crippen LogP contribution in [-0.2, 0) is 16.1 Å². The summed E-state index contributed by atoms with van der Waals surface area (Å²) in [5, 5.41) is 22.9. The Morgan fingerprint density at radius 1 is 1.25 bits per heavy atom. The van der Waals surface area contributed by atoms with Crippen molar-refractivity contribution in [3.8, 4) is 0 Å². The largest absolute Gasteiger partial charge is 0.479 e. The van der Waals surface area contributed by atoms with Crippen molar-refractivity contribution in [1.82, 2.24) is 15.5 Å².